The lowest BCUT2D eigenvalue weighted by molar-refractivity contribution is 0.826. The van der Waals surface area contributed by atoms with E-state index in [9.17, 15) is 0 Å². The first kappa shape index (κ1) is 11.3. The van der Waals surface area contributed by atoms with Crippen molar-refractivity contribution in [2.24, 2.45) is 0 Å². The Labute approximate surface area is 125 Å². The molecule has 0 atom stereocenters. The van der Waals surface area contributed by atoms with Gasteiger partial charge in [0.05, 0.1) is 0 Å². The van der Waals surface area contributed by atoms with Crippen molar-refractivity contribution >= 4 is 0 Å². The molecular weight excluding hydrogens is 252 g/mol. The highest BCUT2D eigenvalue weighted by molar-refractivity contribution is 5.86. The summed E-state index contributed by atoms with van der Waals surface area (Å²) in [6.07, 6.45) is 3.62. The molecule has 0 spiro atoms. The van der Waals surface area contributed by atoms with Crippen molar-refractivity contribution in [2.75, 3.05) is 0 Å². The second-order valence-electron chi connectivity index (χ2n) is 6.11. The first-order valence-electron chi connectivity index (χ1n) is 7.73. The molecule has 0 N–H and O–H groups in total. The molecule has 2 aliphatic rings. The summed E-state index contributed by atoms with van der Waals surface area (Å²) in [5, 5.41) is 0. The van der Waals surface area contributed by atoms with Gasteiger partial charge in [-0.25, -0.2) is 0 Å². The van der Waals surface area contributed by atoms with Gasteiger partial charge in [-0.2, -0.15) is 0 Å². The van der Waals surface area contributed by atoms with Crippen LogP contribution < -0.4 is 0 Å². The zero-order valence-corrected chi connectivity index (χ0v) is 11.9. The third-order valence-electron chi connectivity index (χ3n) is 5.05. The van der Waals surface area contributed by atoms with Crippen LogP contribution in [0.2, 0.25) is 0 Å². The highest BCUT2D eigenvalue weighted by atomic mass is 14.3. The van der Waals surface area contributed by atoms with Gasteiger partial charge >= 0.3 is 0 Å². The second kappa shape index (κ2) is 4.08. The molecule has 0 aliphatic heterocycles. The van der Waals surface area contributed by atoms with E-state index in [1.54, 1.807) is 16.7 Å². The minimum atomic E-state index is 1.13. The maximum atomic E-state index is 2.44. The van der Waals surface area contributed by atoms with Gasteiger partial charge in [-0.15, -0.1) is 0 Å². The number of hydrogen-bond donors (Lipinski definition) is 0. The van der Waals surface area contributed by atoms with E-state index >= 15 is 0 Å². The van der Waals surface area contributed by atoms with Crippen LogP contribution in [0.5, 0.6) is 0 Å². The zero-order valence-electron chi connectivity index (χ0n) is 11.9. The van der Waals surface area contributed by atoms with Gasteiger partial charge in [-0.3, -0.25) is 0 Å². The molecule has 0 heteroatoms. The highest BCUT2D eigenvalue weighted by Gasteiger charge is 2.29. The SMILES string of the molecule is c1ccc(-c2cc3c(c4c2CC4)Cc2ccccc2-3)cc1. The van der Waals surface area contributed by atoms with Crippen molar-refractivity contribution in [3.05, 3.63) is 82.9 Å². The minimum Gasteiger partial charge on any atom is -0.0622 e. The topological polar surface area (TPSA) is 0 Å². The minimum absolute atomic E-state index is 1.13. The Balaban J connectivity index is 1.80. The molecular formula is C21H16. The summed E-state index contributed by atoms with van der Waals surface area (Å²) < 4.78 is 0. The zero-order chi connectivity index (χ0) is 13.8. The molecule has 0 unspecified atom stereocenters. The number of hydrogen-bond acceptors (Lipinski definition) is 0. The Morgan fingerprint density at radius 1 is 0.571 bits per heavy atom. The van der Waals surface area contributed by atoms with Crippen LogP contribution in [0.25, 0.3) is 22.3 Å². The maximum Gasteiger partial charge on any atom is -0.00106 e. The van der Waals surface area contributed by atoms with Gasteiger partial charge in [0.25, 0.3) is 0 Å². The summed E-state index contributed by atoms with van der Waals surface area (Å²) in [6, 6.07) is 22.2. The van der Waals surface area contributed by atoms with E-state index in [4.69, 9.17) is 0 Å². The van der Waals surface area contributed by atoms with Crippen molar-refractivity contribution in [3.63, 3.8) is 0 Å². The second-order valence-corrected chi connectivity index (χ2v) is 6.11. The molecule has 0 amide bonds. The fourth-order valence-electron chi connectivity index (χ4n) is 3.93. The Bertz CT molecular complexity index is 856. The average Bonchev–Trinajstić information content (AvgIpc) is 2.85. The Hall–Kier alpha value is -2.34. The summed E-state index contributed by atoms with van der Waals surface area (Å²) in [5.41, 5.74) is 12.0. The lowest BCUT2D eigenvalue weighted by atomic mass is 9.77. The van der Waals surface area contributed by atoms with Crippen LogP contribution in [0.3, 0.4) is 0 Å². The van der Waals surface area contributed by atoms with E-state index in [1.807, 2.05) is 0 Å². The molecule has 3 aromatic rings. The number of benzene rings is 3. The predicted molar refractivity (Wildman–Crippen MR) is 87.5 cm³/mol. The molecule has 5 rings (SSSR count). The fraction of sp³-hybridized carbons (Fsp3) is 0.143. The standard InChI is InChI=1S/C21H16/c1-2-6-14(7-3-1)19-13-21-16-9-5-4-8-15(16)12-20(21)18-11-10-17(18)19/h1-9,13H,10-12H2. The first-order valence-corrected chi connectivity index (χ1v) is 7.73. The Morgan fingerprint density at radius 3 is 2.14 bits per heavy atom. The van der Waals surface area contributed by atoms with E-state index < -0.39 is 0 Å². The van der Waals surface area contributed by atoms with Crippen molar-refractivity contribution in [2.45, 2.75) is 19.3 Å². The first-order chi connectivity index (χ1) is 10.4. The summed E-state index contributed by atoms with van der Waals surface area (Å²) in [7, 11) is 0. The Kier molecular flexibility index (Phi) is 2.20. The van der Waals surface area contributed by atoms with Gasteiger partial charge in [0.1, 0.15) is 0 Å². The van der Waals surface area contributed by atoms with Gasteiger partial charge < -0.3 is 0 Å². The molecule has 0 aromatic heterocycles. The van der Waals surface area contributed by atoms with Gasteiger partial charge in [-0.05, 0) is 69.8 Å². The summed E-state index contributed by atoms with van der Waals surface area (Å²) in [4.78, 5) is 0. The summed E-state index contributed by atoms with van der Waals surface area (Å²) in [5.74, 6) is 0. The lowest BCUT2D eigenvalue weighted by Gasteiger charge is -2.27. The third-order valence-corrected chi connectivity index (χ3v) is 5.05. The Morgan fingerprint density at radius 2 is 1.33 bits per heavy atom. The number of rotatable bonds is 1. The van der Waals surface area contributed by atoms with Crippen LogP contribution in [-0.4, -0.2) is 0 Å². The molecule has 0 bridgehead atoms. The van der Waals surface area contributed by atoms with E-state index in [1.165, 1.54) is 40.7 Å². The predicted octanol–water partition coefficient (Wildman–Crippen LogP) is 5.02. The molecule has 0 heterocycles. The summed E-state index contributed by atoms with van der Waals surface area (Å²) >= 11 is 0. The molecule has 100 valence electrons. The van der Waals surface area contributed by atoms with Crippen LogP contribution in [0.4, 0.5) is 0 Å². The quantitative estimate of drug-likeness (QED) is 0.454. The lowest BCUT2D eigenvalue weighted by Crippen LogP contribution is -2.13. The molecule has 0 fully saturated rings. The van der Waals surface area contributed by atoms with E-state index in [0.29, 0.717) is 0 Å². The van der Waals surface area contributed by atoms with Crippen LogP contribution >= 0.6 is 0 Å². The third kappa shape index (κ3) is 1.50. The van der Waals surface area contributed by atoms with E-state index in [0.717, 1.165) is 6.42 Å². The van der Waals surface area contributed by atoms with Crippen LogP contribution in [-0.2, 0) is 19.3 Å². The molecule has 3 aromatic carbocycles. The highest BCUT2D eigenvalue weighted by Crippen LogP contribution is 2.46. The van der Waals surface area contributed by atoms with Gasteiger partial charge in [0, 0.05) is 0 Å². The average molecular weight is 268 g/mol. The van der Waals surface area contributed by atoms with Gasteiger partial charge in [-0.1, -0.05) is 54.6 Å². The normalized spacial score (nSPS) is 14.1. The van der Waals surface area contributed by atoms with Crippen LogP contribution in [0.15, 0.2) is 60.7 Å². The largest absolute Gasteiger partial charge is 0.0622 e. The van der Waals surface area contributed by atoms with Gasteiger partial charge in [0.15, 0.2) is 0 Å². The van der Waals surface area contributed by atoms with Crippen LogP contribution in [0.1, 0.15) is 22.3 Å². The molecule has 2 aliphatic carbocycles. The molecule has 0 radical (unpaired) electrons. The van der Waals surface area contributed by atoms with Crippen molar-refractivity contribution in [3.8, 4) is 22.3 Å². The molecule has 21 heavy (non-hydrogen) atoms. The van der Waals surface area contributed by atoms with E-state index in [2.05, 4.69) is 60.7 Å². The molecule has 0 saturated carbocycles. The molecule has 0 saturated heterocycles. The number of fused-ring (bicyclic) bond motifs is 5. The summed E-state index contributed by atoms with van der Waals surface area (Å²) in [6.45, 7) is 0. The van der Waals surface area contributed by atoms with Crippen molar-refractivity contribution in [1.29, 1.82) is 0 Å². The maximum absolute atomic E-state index is 2.44. The van der Waals surface area contributed by atoms with Gasteiger partial charge in [0.2, 0.25) is 0 Å². The van der Waals surface area contributed by atoms with Crippen LogP contribution in [0, 0.1) is 0 Å². The molecule has 0 nitrogen and oxygen atoms in total. The smallest absolute Gasteiger partial charge is 0.00106 e. The fourth-order valence-corrected chi connectivity index (χ4v) is 3.93. The monoisotopic (exact) mass is 268 g/mol. The van der Waals surface area contributed by atoms with Crippen molar-refractivity contribution in [1.82, 2.24) is 0 Å². The van der Waals surface area contributed by atoms with Crippen molar-refractivity contribution < 1.29 is 0 Å². The van der Waals surface area contributed by atoms with E-state index in [-0.39, 0.29) is 0 Å².